The van der Waals surface area contributed by atoms with Crippen LogP contribution in [0, 0.1) is 11.3 Å². The lowest BCUT2D eigenvalue weighted by Crippen LogP contribution is -2.40. The molecule has 4 N–H and O–H groups in total. The lowest BCUT2D eigenvalue weighted by Gasteiger charge is -2.22. The predicted octanol–water partition coefficient (Wildman–Crippen LogP) is 2.95. The molecular weight excluding hydrogens is 326 g/mol. The van der Waals surface area contributed by atoms with Crippen LogP contribution in [0.2, 0.25) is 0 Å². The molecule has 2 amide bonds. The molecule has 0 heterocycles. The van der Waals surface area contributed by atoms with E-state index in [4.69, 9.17) is 5.73 Å². The number of anilines is 1. The second kappa shape index (κ2) is 8.49. The highest BCUT2D eigenvalue weighted by Gasteiger charge is 2.28. The first-order valence-corrected chi connectivity index (χ1v) is 8.24. The number of benzene rings is 1. The van der Waals surface area contributed by atoms with Crippen molar-refractivity contribution in [1.29, 1.82) is 0 Å². The van der Waals surface area contributed by atoms with Crippen molar-refractivity contribution in [2.24, 2.45) is 17.1 Å². The maximum atomic E-state index is 12.6. The van der Waals surface area contributed by atoms with E-state index in [1.54, 1.807) is 18.2 Å². The Hall–Kier alpha value is -1.59. The first kappa shape index (κ1) is 20.5. The van der Waals surface area contributed by atoms with Crippen molar-refractivity contribution in [2.75, 3.05) is 11.9 Å². The summed E-state index contributed by atoms with van der Waals surface area (Å²) < 4.78 is 0. The van der Waals surface area contributed by atoms with E-state index in [1.807, 2.05) is 26.8 Å². The number of halogens is 1. The number of hydrogen-bond donors (Lipinski definition) is 3. The summed E-state index contributed by atoms with van der Waals surface area (Å²) in [4.78, 5) is 24.8. The number of para-hydroxylation sites is 1. The van der Waals surface area contributed by atoms with Gasteiger partial charge in [-0.2, -0.15) is 0 Å². The number of amides is 2. The van der Waals surface area contributed by atoms with Gasteiger partial charge in [-0.1, -0.05) is 39.3 Å². The number of rotatable bonds is 4. The molecule has 1 aliphatic rings. The molecule has 5 nitrogen and oxygen atoms in total. The van der Waals surface area contributed by atoms with Crippen LogP contribution in [0.5, 0.6) is 0 Å². The Morgan fingerprint density at radius 1 is 1.21 bits per heavy atom. The monoisotopic (exact) mass is 353 g/mol. The van der Waals surface area contributed by atoms with Gasteiger partial charge in [0, 0.05) is 11.5 Å². The van der Waals surface area contributed by atoms with Crippen LogP contribution < -0.4 is 16.4 Å². The Morgan fingerprint density at radius 3 is 2.50 bits per heavy atom. The third-order valence-electron chi connectivity index (χ3n) is 4.38. The van der Waals surface area contributed by atoms with Crippen molar-refractivity contribution in [3.63, 3.8) is 0 Å². The van der Waals surface area contributed by atoms with E-state index in [0.29, 0.717) is 23.7 Å². The molecule has 2 unspecified atom stereocenters. The summed E-state index contributed by atoms with van der Waals surface area (Å²) in [5.41, 5.74) is 6.30. The van der Waals surface area contributed by atoms with Crippen LogP contribution in [0.3, 0.4) is 0 Å². The second-order valence-corrected chi connectivity index (χ2v) is 7.26. The van der Waals surface area contributed by atoms with Crippen LogP contribution in [0.4, 0.5) is 5.69 Å². The zero-order valence-electron chi connectivity index (χ0n) is 14.6. The molecule has 0 radical (unpaired) electrons. The molecular formula is C18H28ClN3O2. The van der Waals surface area contributed by atoms with Crippen molar-refractivity contribution >= 4 is 29.9 Å². The smallest absolute Gasteiger partial charge is 0.253 e. The Bertz CT molecular complexity index is 584. The standard InChI is InChI=1S/C18H27N3O2.ClH/c1-18(2,3)17(23)21-15-9-5-4-8-13(15)16(22)20-14-10-6-7-12(14)11-19;/h4-5,8-9,12,14H,6-7,10-11,19H2,1-3H3,(H,20,22)(H,21,23);1H. The van der Waals surface area contributed by atoms with Crippen LogP contribution in [0.1, 0.15) is 50.4 Å². The molecule has 24 heavy (non-hydrogen) atoms. The highest BCUT2D eigenvalue weighted by molar-refractivity contribution is 6.04. The van der Waals surface area contributed by atoms with Gasteiger partial charge in [0.2, 0.25) is 5.91 Å². The summed E-state index contributed by atoms with van der Waals surface area (Å²) in [6.07, 6.45) is 3.11. The van der Waals surface area contributed by atoms with Crippen molar-refractivity contribution in [3.05, 3.63) is 29.8 Å². The van der Waals surface area contributed by atoms with Gasteiger partial charge in [-0.25, -0.2) is 0 Å². The van der Waals surface area contributed by atoms with Gasteiger partial charge in [-0.15, -0.1) is 12.4 Å². The zero-order chi connectivity index (χ0) is 17.0. The van der Waals surface area contributed by atoms with Crippen LogP contribution in [0.15, 0.2) is 24.3 Å². The van der Waals surface area contributed by atoms with Gasteiger partial charge in [0.15, 0.2) is 0 Å². The molecule has 1 fully saturated rings. The molecule has 0 aromatic heterocycles. The fourth-order valence-corrected chi connectivity index (χ4v) is 2.86. The maximum Gasteiger partial charge on any atom is 0.253 e. The van der Waals surface area contributed by atoms with Gasteiger partial charge in [0.1, 0.15) is 0 Å². The molecule has 0 spiro atoms. The van der Waals surface area contributed by atoms with Crippen molar-refractivity contribution in [2.45, 2.75) is 46.1 Å². The van der Waals surface area contributed by atoms with E-state index in [1.165, 1.54) is 0 Å². The first-order valence-electron chi connectivity index (χ1n) is 8.24. The number of nitrogens with one attached hydrogen (secondary N) is 2. The Balaban J connectivity index is 0.00000288. The quantitative estimate of drug-likeness (QED) is 0.778. The fraction of sp³-hybridized carbons (Fsp3) is 0.556. The molecule has 0 saturated heterocycles. The van der Waals surface area contributed by atoms with Gasteiger partial charge < -0.3 is 16.4 Å². The molecule has 1 aromatic carbocycles. The number of carbonyl (C=O) groups excluding carboxylic acids is 2. The summed E-state index contributed by atoms with van der Waals surface area (Å²) in [6, 6.07) is 7.23. The summed E-state index contributed by atoms with van der Waals surface area (Å²) in [7, 11) is 0. The Labute approximate surface area is 150 Å². The molecule has 134 valence electrons. The van der Waals surface area contributed by atoms with E-state index in [-0.39, 0.29) is 30.3 Å². The SMILES string of the molecule is CC(C)(C)C(=O)Nc1ccccc1C(=O)NC1CCCC1CN.Cl. The summed E-state index contributed by atoms with van der Waals surface area (Å²) in [5, 5.41) is 5.94. The minimum absolute atomic E-state index is 0. The Kier molecular flexibility index (Phi) is 7.24. The molecule has 0 aliphatic heterocycles. The van der Waals surface area contributed by atoms with Crippen LogP contribution >= 0.6 is 12.4 Å². The summed E-state index contributed by atoms with van der Waals surface area (Å²) in [6.45, 7) is 6.12. The highest BCUT2D eigenvalue weighted by atomic mass is 35.5. The van der Waals surface area contributed by atoms with E-state index < -0.39 is 5.41 Å². The second-order valence-electron chi connectivity index (χ2n) is 7.26. The third-order valence-corrected chi connectivity index (χ3v) is 4.38. The van der Waals surface area contributed by atoms with E-state index >= 15 is 0 Å². The molecule has 1 saturated carbocycles. The molecule has 1 aromatic rings. The lowest BCUT2D eigenvalue weighted by atomic mass is 9.95. The van der Waals surface area contributed by atoms with Crippen molar-refractivity contribution in [1.82, 2.24) is 5.32 Å². The average molecular weight is 354 g/mol. The minimum Gasteiger partial charge on any atom is -0.349 e. The number of nitrogens with two attached hydrogens (primary N) is 1. The Morgan fingerprint density at radius 2 is 1.88 bits per heavy atom. The molecule has 6 heteroatoms. The van der Waals surface area contributed by atoms with E-state index in [9.17, 15) is 9.59 Å². The number of hydrogen-bond acceptors (Lipinski definition) is 3. The maximum absolute atomic E-state index is 12.6. The van der Waals surface area contributed by atoms with Crippen molar-refractivity contribution < 1.29 is 9.59 Å². The van der Waals surface area contributed by atoms with Gasteiger partial charge in [0.25, 0.3) is 5.91 Å². The lowest BCUT2D eigenvalue weighted by molar-refractivity contribution is -0.123. The average Bonchev–Trinajstić information content (AvgIpc) is 2.93. The van der Waals surface area contributed by atoms with Crippen LogP contribution in [-0.2, 0) is 4.79 Å². The topological polar surface area (TPSA) is 84.2 Å². The number of carbonyl (C=O) groups is 2. The summed E-state index contributed by atoms with van der Waals surface area (Å²) >= 11 is 0. The molecule has 2 rings (SSSR count). The van der Waals surface area contributed by atoms with Crippen molar-refractivity contribution in [3.8, 4) is 0 Å². The van der Waals surface area contributed by atoms with E-state index in [0.717, 1.165) is 19.3 Å². The van der Waals surface area contributed by atoms with Crippen LogP contribution in [-0.4, -0.2) is 24.4 Å². The van der Waals surface area contributed by atoms with Crippen LogP contribution in [0.25, 0.3) is 0 Å². The summed E-state index contributed by atoms with van der Waals surface area (Å²) in [5.74, 6) is 0.0777. The minimum atomic E-state index is -0.514. The van der Waals surface area contributed by atoms with Gasteiger partial charge in [-0.05, 0) is 37.4 Å². The molecule has 1 aliphatic carbocycles. The van der Waals surface area contributed by atoms with E-state index in [2.05, 4.69) is 10.6 Å². The fourth-order valence-electron chi connectivity index (χ4n) is 2.86. The van der Waals surface area contributed by atoms with Gasteiger partial charge in [-0.3, -0.25) is 9.59 Å². The molecule has 0 bridgehead atoms. The largest absolute Gasteiger partial charge is 0.349 e. The normalized spacial score (nSPS) is 20.2. The zero-order valence-corrected chi connectivity index (χ0v) is 15.4. The van der Waals surface area contributed by atoms with Gasteiger partial charge in [0.05, 0.1) is 11.3 Å². The van der Waals surface area contributed by atoms with Gasteiger partial charge >= 0.3 is 0 Å². The first-order chi connectivity index (χ1) is 10.8. The predicted molar refractivity (Wildman–Crippen MR) is 99.4 cm³/mol. The highest BCUT2D eigenvalue weighted by Crippen LogP contribution is 2.26. The third kappa shape index (κ3) is 4.95. The molecule has 2 atom stereocenters.